The van der Waals surface area contributed by atoms with Gasteiger partial charge < -0.3 is 16.0 Å². The third kappa shape index (κ3) is 4.19. The highest BCUT2D eigenvalue weighted by Gasteiger charge is 2.35. The van der Waals surface area contributed by atoms with Crippen LogP contribution in [0.15, 0.2) is 0 Å². The van der Waals surface area contributed by atoms with E-state index in [-0.39, 0.29) is 5.91 Å². The molecule has 1 heterocycles. The van der Waals surface area contributed by atoms with Crippen LogP contribution < -0.4 is 11.1 Å². The second-order valence-electron chi connectivity index (χ2n) is 7.23. The maximum atomic E-state index is 12.3. The molecule has 2 rings (SSSR count). The summed E-state index contributed by atoms with van der Waals surface area (Å²) in [4.78, 5) is 14.8. The van der Waals surface area contributed by atoms with Crippen molar-refractivity contribution in [1.29, 1.82) is 0 Å². The second-order valence-corrected chi connectivity index (χ2v) is 7.23. The largest absolute Gasteiger partial charge is 0.354 e. The highest BCUT2D eigenvalue weighted by molar-refractivity contribution is 5.86. The zero-order valence-electron chi connectivity index (χ0n) is 13.2. The van der Waals surface area contributed by atoms with E-state index in [1.54, 1.807) is 0 Å². The number of hydrogen-bond acceptors (Lipinski definition) is 3. The Bertz CT molecular complexity index is 324. The summed E-state index contributed by atoms with van der Waals surface area (Å²) < 4.78 is 0. The van der Waals surface area contributed by atoms with Crippen LogP contribution in [0, 0.1) is 11.8 Å². The van der Waals surface area contributed by atoms with Crippen molar-refractivity contribution in [2.24, 2.45) is 17.6 Å². The standard InChI is InChI=1S/C16H31N3O/c1-13(2)11-19-9-6-14(12-19)10-18-15(20)16(17)7-4-3-5-8-16/h13-14H,3-12,17H2,1-2H3,(H,18,20). The fourth-order valence-electron chi connectivity index (χ4n) is 3.58. The SMILES string of the molecule is CC(C)CN1CCC(CNC(=O)C2(N)CCCCC2)C1. The summed E-state index contributed by atoms with van der Waals surface area (Å²) in [5.41, 5.74) is 5.67. The van der Waals surface area contributed by atoms with Gasteiger partial charge in [0.2, 0.25) is 5.91 Å². The molecule has 0 aromatic carbocycles. The van der Waals surface area contributed by atoms with Crippen molar-refractivity contribution in [2.75, 3.05) is 26.2 Å². The zero-order chi connectivity index (χ0) is 14.6. The maximum absolute atomic E-state index is 12.3. The quantitative estimate of drug-likeness (QED) is 0.807. The molecular weight excluding hydrogens is 250 g/mol. The van der Waals surface area contributed by atoms with Crippen LogP contribution in [0.4, 0.5) is 0 Å². The number of carbonyl (C=O) groups excluding carboxylic acids is 1. The van der Waals surface area contributed by atoms with Gasteiger partial charge in [0.25, 0.3) is 0 Å². The second kappa shape index (κ2) is 6.90. The van der Waals surface area contributed by atoms with Crippen molar-refractivity contribution in [2.45, 2.75) is 57.9 Å². The Hall–Kier alpha value is -0.610. The third-order valence-electron chi connectivity index (χ3n) is 4.74. The van der Waals surface area contributed by atoms with Crippen molar-refractivity contribution < 1.29 is 4.79 Å². The number of nitrogens with zero attached hydrogens (tertiary/aromatic N) is 1. The van der Waals surface area contributed by atoms with Gasteiger partial charge in [-0.05, 0) is 37.6 Å². The molecule has 0 bridgehead atoms. The first-order valence-electron chi connectivity index (χ1n) is 8.29. The zero-order valence-corrected chi connectivity index (χ0v) is 13.2. The monoisotopic (exact) mass is 281 g/mol. The van der Waals surface area contributed by atoms with Gasteiger partial charge in [0.15, 0.2) is 0 Å². The molecule has 1 amide bonds. The Labute approximate surface area is 123 Å². The van der Waals surface area contributed by atoms with Crippen LogP contribution in [0.1, 0.15) is 52.4 Å². The Morgan fingerprint density at radius 2 is 2.05 bits per heavy atom. The summed E-state index contributed by atoms with van der Waals surface area (Å²) in [7, 11) is 0. The number of nitrogens with two attached hydrogens (primary N) is 1. The molecule has 2 fully saturated rings. The Morgan fingerprint density at radius 3 is 2.70 bits per heavy atom. The lowest BCUT2D eigenvalue weighted by Crippen LogP contribution is -2.55. The number of nitrogens with one attached hydrogen (secondary N) is 1. The molecule has 1 atom stereocenters. The van der Waals surface area contributed by atoms with E-state index < -0.39 is 5.54 Å². The first kappa shape index (κ1) is 15.8. The fraction of sp³-hybridized carbons (Fsp3) is 0.938. The molecule has 20 heavy (non-hydrogen) atoms. The summed E-state index contributed by atoms with van der Waals surface area (Å²) in [6, 6.07) is 0. The van der Waals surface area contributed by atoms with Crippen molar-refractivity contribution in [3.63, 3.8) is 0 Å². The predicted octanol–water partition coefficient (Wildman–Crippen LogP) is 1.74. The van der Waals surface area contributed by atoms with E-state index in [9.17, 15) is 4.79 Å². The van der Waals surface area contributed by atoms with Crippen LogP contribution in [0.2, 0.25) is 0 Å². The summed E-state index contributed by atoms with van der Waals surface area (Å²) in [6.45, 7) is 8.78. The lowest BCUT2D eigenvalue weighted by molar-refractivity contribution is -0.127. The summed E-state index contributed by atoms with van der Waals surface area (Å²) in [5, 5.41) is 3.12. The number of rotatable bonds is 5. The summed E-state index contributed by atoms with van der Waals surface area (Å²) >= 11 is 0. The normalized spacial score (nSPS) is 26.9. The van der Waals surface area contributed by atoms with Crippen molar-refractivity contribution in [1.82, 2.24) is 10.2 Å². The van der Waals surface area contributed by atoms with Crippen molar-refractivity contribution in [3.8, 4) is 0 Å². The van der Waals surface area contributed by atoms with Crippen LogP contribution >= 0.6 is 0 Å². The fourth-order valence-corrected chi connectivity index (χ4v) is 3.58. The number of likely N-dealkylation sites (tertiary alicyclic amines) is 1. The van der Waals surface area contributed by atoms with Gasteiger partial charge in [-0.25, -0.2) is 0 Å². The number of amides is 1. The van der Waals surface area contributed by atoms with Gasteiger partial charge in [-0.2, -0.15) is 0 Å². The molecule has 4 heteroatoms. The minimum Gasteiger partial charge on any atom is -0.354 e. The Morgan fingerprint density at radius 1 is 1.35 bits per heavy atom. The maximum Gasteiger partial charge on any atom is 0.240 e. The van der Waals surface area contributed by atoms with Gasteiger partial charge in [0.1, 0.15) is 0 Å². The van der Waals surface area contributed by atoms with E-state index >= 15 is 0 Å². The molecule has 116 valence electrons. The minimum atomic E-state index is -0.589. The lowest BCUT2D eigenvalue weighted by atomic mass is 9.82. The highest BCUT2D eigenvalue weighted by Crippen LogP contribution is 2.26. The molecule has 1 aliphatic heterocycles. The molecule has 1 saturated carbocycles. The molecule has 0 spiro atoms. The molecule has 2 aliphatic rings. The van der Waals surface area contributed by atoms with E-state index in [0.717, 1.165) is 44.7 Å². The molecule has 0 aromatic heterocycles. The van der Waals surface area contributed by atoms with E-state index in [1.807, 2.05) is 0 Å². The Kier molecular flexibility index (Phi) is 5.44. The van der Waals surface area contributed by atoms with E-state index in [2.05, 4.69) is 24.1 Å². The third-order valence-corrected chi connectivity index (χ3v) is 4.74. The van der Waals surface area contributed by atoms with Crippen molar-refractivity contribution >= 4 is 5.91 Å². The van der Waals surface area contributed by atoms with Crippen LogP contribution in [0.3, 0.4) is 0 Å². The van der Waals surface area contributed by atoms with Gasteiger partial charge >= 0.3 is 0 Å². The van der Waals surface area contributed by atoms with Crippen LogP contribution in [-0.4, -0.2) is 42.5 Å². The van der Waals surface area contributed by atoms with E-state index in [4.69, 9.17) is 5.73 Å². The van der Waals surface area contributed by atoms with Crippen LogP contribution in [0.5, 0.6) is 0 Å². The highest BCUT2D eigenvalue weighted by atomic mass is 16.2. The molecule has 1 aliphatic carbocycles. The average Bonchev–Trinajstić information content (AvgIpc) is 2.83. The predicted molar refractivity (Wildman–Crippen MR) is 82.4 cm³/mol. The number of carbonyl (C=O) groups is 1. The van der Waals surface area contributed by atoms with Gasteiger partial charge in [-0.15, -0.1) is 0 Å². The van der Waals surface area contributed by atoms with Crippen molar-refractivity contribution in [3.05, 3.63) is 0 Å². The smallest absolute Gasteiger partial charge is 0.240 e. The summed E-state index contributed by atoms with van der Waals surface area (Å²) in [6.07, 6.45) is 6.31. The van der Waals surface area contributed by atoms with Gasteiger partial charge in [0.05, 0.1) is 5.54 Å². The van der Waals surface area contributed by atoms with Crippen LogP contribution in [0.25, 0.3) is 0 Å². The molecular formula is C16H31N3O. The lowest BCUT2D eigenvalue weighted by Gasteiger charge is -2.32. The van der Waals surface area contributed by atoms with Crippen LogP contribution in [-0.2, 0) is 4.79 Å². The molecule has 3 N–H and O–H groups in total. The minimum absolute atomic E-state index is 0.0829. The van der Waals surface area contributed by atoms with Gasteiger partial charge in [-0.3, -0.25) is 4.79 Å². The first-order chi connectivity index (χ1) is 9.49. The van der Waals surface area contributed by atoms with E-state index in [1.165, 1.54) is 25.9 Å². The molecule has 0 radical (unpaired) electrons. The molecule has 1 unspecified atom stereocenters. The van der Waals surface area contributed by atoms with Gasteiger partial charge in [-0.1, -0.05) is 33.1 Å². The first-order valence-corrected chi connectivity index (χ1v) is 8.29. The average molecular weight is 281 g/mol. The Balaban J connectivity index is 1.71. The topological polar surface area (TPSA) is 58.4 Å². The molecule has 4 nitrogen and oxygen atoms in total. The number of hydrogen-bond donors (Lipinski definition) is 2. The molecule has 0 aromatic rings. The van der Waals surface area contributed by atoms with Gasteiger partial charge in [0, 0.05) is 19.6 Å². The molecule has 1 saturated heterocycles. The summed E-state index contributed by atoms with van der Waals surface area (Å²) in [5.74, 6) is 1.40. The van der Waals surface area contributed by atoms with E-state index in [0.29, 0.717) is 5.92 Å².